The summed E-state index contributed by atoms with van der Waals surface area (Å²) in [5, 5.41) is 9.13. The molecular formula is C15H20N2O2. The van der Waals surface area contributed by atoms with Crippen molar-refractivity contribution in [2.24, 2.45) is 5.73 Å². The smallest absolute Gasteiger partial charge is 0.325 e. The lowest BCUT2D eigenvalue weighted by Crippen LogP contribution is -2.50. The Morgan fingerprint density at radius 3 is 2.89 bits per heavy atom. The molecule has 0 saturated carbocycles. The zero-order valence-electron chi connectivity index (χ0n) is 11.1. The van der Waals surface area contributed by atoms with Crippen molar-refractivity contribution in [2.45, 2.75) is 37.8 Å². The van der Waals surface area contributed by atoms with E-state index in [4.69, 9.17) is 10.8 Å². The summed E-state index contributed by atoms with van der Waals surface area (Å²) in [7, 11) is 0. The molecule has 1 aliphatic heterocycles. The van der Waals surface area contributed by atoms with E-state index < -0.39 is 11.5 Å². The number of rotatable bonds is 3. The van der Waals surface area contributed by atoms with E-state index in [-0.39, 0.29) is 0 Å². The maximum atomic E-state index is 11.1. The standard InChI is InChI=1S/C15H20N2O2/c16-15(14(18)19)6-7-17(10-15)9-11-4-5-12-2-1-3-13(12)8-11/h4-5,8H,1-3,6-7,9-10,16H2,(H,18,19). The number of nitrogens with zero attached hydrogens (tertiary/aromatic N) is 1. The normalized spacial score (nSPS) is 26.6. The highest BCUT2D eigenvalue weighted by Crippen LogP contribution is 2.25. The van der Waals surface area contributed by atoms with Crippen LogP contribution in [0.25, 0.3) is 0 Å². The molecule has 0 aromatic heterocycles. The van der Waals surface area contributed by atoms with Gasteiger partial charge in [-0.3, -0.25) is 9.69 Å². The fourth-order valence-electron chi connectivity index (χ4n) is 3.21. The van der Waals surface area contributed by atoms with Crippen molar-refractivity contribution >= 4 is 5.97 Å². The van der Waals surface area contributed by atoms with Crippen molar-refractivity contribution in [3.05, 3.63) is 34.9 Å². The monoisotopic (exact) mass is 260 g/mol. The minimum atomic E-state index is -1.06. The second-order valence-corrected chi connectivity index (χ2v) is 5.88. The van der Waals surface area contributed by atoms with Gasteiger partial charge in [0.1, 0.15) is 5.54 Å². The highest BCUT2D eigenvalue weighted by Gasteiger charge is 2.41. The summed E-state index contributed by atoms with van der Waals surface area (Å²) in [6, 6.07) is 6.67. The maximum Gasteiger partial charge on any atom is 0.325 e. The average molecular weight is 260 g/mol. The Labute approximate surface area is 113 Å². The van der Waals surface area contributed by atoms with E-state index in [0.29, 0.717) is 13.0 Å². The second kappa shape index (κ2) is 4.62. The number of aliphatic carboxylic acids is 1. The van der Waals surface area contributed by atoms with Crippen LogP contribution in [-0.2, 0) is 24.2 Å². The van der Waals surface area contributed by atoms with E-state index in [9.17, 15) is 4.79 Å². The molecule has 19 heavy (non-hydrogen) atoms. The summed E-state index contributed by atoms with van der Waals surface area (Å²) in [5.74, 6) is -0.885. The maximum absolute atomic E-state index is 11.1. The molecule has 4 nitrogen and oxygen atoms in total. The first-order chi connectivity index (χ1) is 9.07. The van der Waals surface area contributed by atoms with Crippen LogP contribution in [0.5, 0.6) is 0 Å². The summed E-state index contributed by atoms with van der Waals surface area (Å²) in [6.45, 7) is 2.01. The Morgan fingerprint density at radius 2 is 2.16 bits per heavy atom. The lowest BCUT2D eigenvalue weighted by Gasteiger charge is -2.20. The van der Waals surface area contributed by atoms with Gasteiger partial charge in [0.15, 0.2) is 0 Å². The van der Waals surface area contributed by atoms with Crippen LogP contribution in [0.4, 0.5) is 0 Å². The largest absolute Gasteiger partial charge is 0.480 e. The fourth-order valence-corrected chi connectivity index (χ4v) is 3.21. The molecule has 4 heteroatoms. The number of carbonyl (C=O) groups is 1. The van der Waals surface area contributed by atoms with Gasteiger partial charge in [-0.05, 0) is 42.4 Å². The fraction of sp³-hybridized carbons (Fsp3) is 0.533. The lowest BCUT2D eigenvalue weighted by molar-refractivity contribution is -0.142. The predicted octanol–water partition coefficient (Wildman–Crippen LogP) is 1.16. The first-order valence-corrected chi connectivity index (χ1v) is 6.92. The number of nitrogens with two attached hydrogens (primary N) is 1. The number of hydrogen-bond acceptors (Lipinski definition) is 3. The minimum absolute atomic E-state index is 0.444. The molecule has 0 radical (unpaired) electrons. The SMILES string of the molecule is NC1(C(=O)O)CCN(Cc2ccc3c(c2)CCC3)C1. The molecule has 1 atom stereocenters. The van der Waals surface area contributed by atoms with Gasteiger partial charge in [0.25, 0.3) is 0 Å². The first-order valence-electron chi connectivity index (χ1n) is 6.92. The molecule has 3 rings (SSSR count). The minimum Gasteiger partial charge on any atom is -0.480 e. The van der Waals surface area contributed by atoms with Gasteiger partial charge < -0.3 is 10.8 Å². The van der Waals surface area contributed by atoms with Crippen molar-refractivity contribution < 1.29 is 9.90 Å². The molecule has 102 valence electrons. The Hall–Kier alpha value is -1.39. The quantitative estimate of drug-likeness (QED) is 0.856. The van der Waals surface area contributed by atoms with Gasteiger partial charge in [0.05, 0.1) is 0 Å². The average Bonchev–Trinajstić information content (AvgIpc) is 2.96. The van der Waals surface area contributed by atoms with Crippen LogP contribution in [0.1, 0.15) is 29.5 Å². The summed E-state index contributed by atoms with van der Waals surface area (Å²) < 4.78 is 0. The molecule has 1 aliphatic carbocycles. The van der Waals surface area contributed by atoms with Crippen molar-refractivity contribution in [3.8, 4) is 0 Å². The van der Waals surface area contributed by atoms with Crippen molar-refractivity contribution in [1.29, 1.82) is 0 Å². The number of benzene rings is 1. The van der Waals surface area contributed by atoms with Crippen molar-refractivity contribution in [2.75, 3.05) is 13.1 Å². The van der Waals surface area contributed by atoms with Gasteiger partial charge in [0, 0.05) is 19.6 Å². The summed E-state index contributed by atoms with van der Waals surface area (Å²) in [5.41, 5.74) is 9.05. The van der Waals surface area contributed by atoms with Gasteiger partial charge in [-0.15, -0.1) is 0 Å². The number of carboxylic acid groups (broad SMARTS) is 1. The Kier molecular flexibility index (Phi) is 3.07. The van der Waals surface area contributed by atoms with Crippen LogP contribution in [-0.4, -0.2) is 34.6 Å². The van der Waals surface area contributed by atoms with E-state index in [1.54, 1.807) is 0 Å². The number of fused-ring (bicyclic) bond motifs is 1. The van der Waals surface area contributed by atoms with Gasteiger partial charge in [-0.25, -0.2) is 0 Å². The molecule has 3 N–H and O–H groups in total. The van der Waals surface area contributed by atoms with E-state index >= 15 is 0 Å². The number of carboxylic acids is 1. The molecule has 1 fully saturated rings. The van der Waals surface area contributed by atoms with Crippen molar-refractivity contribution in [3.63, 3.8) is 0 Å². The van der Waals surface area contributed by atoms with Crippen molar-refractivity contribution in [1.82, 2.24) is 4.90 Å². The van der Waals surface area contributed by atoms with Crippen LogP contribution < -0.4 is 5.73 Å². The third-order valence-corrected chi connectivity index (χ3v) is 4.37. The van der Waals surface area contributed by atoms with E-state index in [2.05, 4.69) is 23.1 Å². The summed E-state index contributed by atoms with van der Waals surface area (Å²) in [6.07, 6.45) is 4.17. The molecule has 0 amide bonds. The zero-order valence-corrected chi connectivity index (χ0v) is 11.1. The topological polar surface area (TPSA) is 66.6 Å². The van der Waals surface area contributed by atoms with Crippen LogP contribution >= 0.6 is 0 Å². The molecule has 1 heterocycles. The number of aryl methyl sites for hydroxylation is 2. The van der Waals surface area contributed by atoms with Gasteiger partial charge in [-0.1, -0.05) is 18.2 Å². The summed E-state index contributed by atoms with van der Waals surface area (Å²) >= 11 is 0. The summed E-state index contributed by atoms with van der Waals surface area (Å²) in [4.78, 5) is 13.3. The Morgan fingerprint density at radius 1 is 1.37 bits per heavy atom. The van der Waals surface area contributed by atoms with Crippen LogP contribution in [0.15, 0.2) is 18.2 Å². The van der Waals surface area contributed by atoms with Crippen LogP contribution in [0, 0.1) is 0 Å². The highest BCUT2D eigenvalue weighted by molar-refractivity contribution is 5.79. The molecule has 0 bridgehead atoms. The Balaban J connectivity index is 1.68. The van der Waals surface area contributed by atoms with E-state index in [1.165, 1.54) is 36.0 Å². The van der Waals surface area contributed by atoms with E-state index in [0.717, 1.165) is 13.1 Å². The molecule has 1 unspecified atom stereocenters. The second-order valence-electron chi connectivity index (χ2n) is 5.88. The molecular weight excluding hydrogens is 240 g/mol. The zero-order chi connectivity index (χ0) is 13.5. The van der Waals surface area contributed by atoms with Gasteiger partial charge >= 0.3 is 5.97 Å². The van der Waals surface area contributed by atoms with Crippen LogP contribution in [0.3, 0.4) is 0 Å². The predicted molar refractivity (Wildman–Crippen MR) is 72.9 cm³/mol. The number of likely N-dealkylation sites (tertiary alicyclic amines) is 1. The molecule has 1 aromatic rings. The first kappa shape index (κ1) is 12.6. The molecule has 0 spiro atoms. The molecule has 2 aliphatic rings. The highest BCUT2D eigenvalue weighted by atomic mass is 16.4. The molecule has 1 saturated heterocycles. The van der Waals surface area contributed by atoms with Gasteiger partial charge in [0.2, 0.25) is 0 Å². The van der Waals surface area contributed by atoms with Crippen LogP contribution in [0.2, 0.25) is 0 Å². The number of hydrogen-bond donors (Lipinski definition) is 2. The third kappa shape index (κ3) is 2.38. The molecule has 1 aromatic carbocycles. The third-order valence-electron chi connectivity index (χ3n) is 4.37. The Bertz CT molecular complexity index is 515. The van der Waals surface area contributed by atoms with Gasteiger partial charge in [-0.2, -0.15) is 0 Å². The van der Waals surface area contributed by atoms with E-state index in [1.807, 2.05) is 0 Å². The lowest BCUT2D eigenvalue weighted by atomic mass is 10.0.